The average Bonchev–Trinajstić information content (AvgIpc) is 2.47. The Labute approximate surface area is 125 Å². The van der Waals surface area contributed by atoms with Gasteiger partial charge in [0, 0.05) is 12.1 Å². The lowest BCUT2D eigenvalue weighted by atomic mass is 9.94. The number of benzene rings is 1. The van der Waals surface area contributed by atoms with E-state index in [1.54, 1.807) is 31.2 Å². The molecule has 1 amide bonds. The van der Waals surface area contributed by atoms with Crippen LogP contribution in [0.1, 0.15) is 39.2 Å². The van der Waals surface area contributed by atoms with Crippen LogP contribution in [0.5, 0.6) is 5.75 Å². The fraction of sp³-hybridized carbons (Fsp3) is 0.500. The molecule has 5 nitrogen and oxygen atoms in total. The maximum Gasteiger partial charge on any atom is 0.261 e. The van der Waals surface area contributed by atoms with Gasteiger partial charge in [0.1, 0.15) is 11.8 Å². The van der Waals surface area contributed by atoms with Crippen molar-refractivity contribution in [3.63, 3.8) is 0 Å². The van der Waals surface area contributed by atoms with Crippen LogP contribution in [-0.2, 0) is 4.79 Å². The molecule has 2 atom stereocenters. The van der Waals surface area contributed by atoms with Gasteiger partial charge in [-0.25, -0.2) is 0 Å². The molecule has 0 bridgehead atoms. The van der Waals surface area contributed by atoms with Crippen LogP contribution in [-0.4, -0.2) is 29.3 Å². The molecule has 0 aromatic heterocycles. The molecule has 1 rings (SSSR count). The SMILES string of the molecule is CCC(C)(CCO)NC(=O)C(C)Oc1ccccc1C#N. The average molecular weight is 290 g/mol. The van der Waals surface area contributed by atoms with Crippen molar-refractivity contribution < 1.29 is 14.6 Å². The van der Waals surface area contributed by atoms with Crippen molar-refractivity contribution in [1.29, 1.82) is 5.26 Å². The summed E-state index contributed by atoms with van der Waals surface area (Å²) in [5.41, 5.74) is -0.0659. The van der Waals surface area contributed by atoms with Gasteiger partial charge in [0.15, 0.2) is 6.10 Å². The number of aliphatic hydroxyl groups excluding tert-OH is 1. The maximum absolute atomic E-state index is 12.2. The van der Waals surface area contributed by atoms with E-state index < -0.39 is 11.6 Å². The van der Waals surface area contributed by atoms with E-state index in [9.17, 15) is 4.79 Å². The smallest absolute Gasteiger partial charge is 0.261 e. The minimum absolute atomic E-state index is 0.0110. The molecule has 0 aliphatic carbocycles. The van der Waals surface area contributed by atoms with Crippen LogP contribution in [0.3, 0.4) is 0 Å². The Kier molecular flexibility index (Phi) is 6.19. The minimum atomic E-state index is -0.718. The first-order chi connectivity index (χ1) is 9.95. The van der Waals surface area contributed by atoms with Gasteiger partial charge in [-0.3, -0.25) is 4.79 Å². The number of carbonyl (C=O) groups excluding carboxylic acids is 1. The lowest BCUT2D eigenvalue weighted by Crippen LogP contribution is -2.50. The number of nitrogens with one attached hydrogen (secondary N) is 1. The highest BCUT2D eigenvalue weighted by atomic mass is 16.5. The molecular formula is C16H22N2O3. The fourth-order valence-electron chi connectivity index (χ4n) is 1.88. The number of carbonyl (C=O) groups is 1. The normalized spacial score (nSPS) is 14.6. The molecule has 0 radical (unpaired) electrons. The molecule has 2 unspecified atom stereocenters. The summed E-state index contributed by atoms with van der Waals surface area (Å²) in [6.07, 6.45) is 0.474. The second-order valence-corrected chi connectivity index (χ2v) is 5.25. The van der Waals surface area contributed by atoms with E-state index in [1.165, 1.54) is 0 Å². The summed E-state index contributed by atoms with van der Waals surface area (Å²) in [5, 5.41) is 21.0. The van der Waals surface area contributed by atoms with Crippen LogP contribution in [0.4, 0.5) is 0 Å². The van der Waals surface area contributed by atoms with E-state index >= 15 is 0 Å². The summed E-state index contributed by atoms with van der Waals surface area (Å²) < 4.78 is 5.57. The number of nitrogens with zero attached hydrogens (tertiary/aromatic N) is 1. The number of para-hydroxylation sites is 1. The van der Waals surface area contributed by atoms with Crippen molar-refractivity contribution >= 4 is 5.91 Å². The summed E-state index contributed by atoms with van der Waals surface area (Å²) in [5.74, 6) is 0.128. The standard InChI is InChI=1S/C16H22N2O3/c1-4-16(3,9-10-19)18-15(20)12(2)21-14-8-6-5-7-13(14)11-17/h5-8,12,19H,4,9-10H2,1-3H3,(H,18,20). The number of hydrogen-bond acceptors (Lipinski definition) is 4. The Balaban J connectivity index is 2.73. The molecule has 0 saturated carbocycles. The molecule has 1 aromatic rings. The van der Waals surface area contributed by atoms with Gasteiger partial charge < -0.3 is 15.2 Å². The van der Waals surface area contributed by atoms with Crippen LogP contribution >= 0.6 is 0 Å². The Morgan fingerprint density at radius 3 is 2.76 bits per heavy atom. The monoisotopic (exact) mass is 290 g/mol. The van der Waals surface area contributed by atoms with Crippen molar-refractivity contribution in [3.05, 3.63) is 29.8 Å². The third-order valence-electron chi connectivity index (χ3n) is 3.55. The van der Waals surface area contributed by atoms with Crippen molar-refractivity contribution in [2.75, 3.05) is 6.61 Å². The number of rotatable bonds is 7. The third-order valence-corrected chi connectivity index (χ3v) is 3.55. The third kappa shape index (κ3) is 4.76. The molecular weight excluding hydrogens is 268 g/mol. The number of ether oxygens (including phenoxy) is 1. The van der Waals surface area contributed by atoms with Crippen LogP contribution in [0, 0.1) is 11.3 Å². The van der Waals surface area contributed by atoms with Crippen LogP contribution in [0.25, 0.3) is 0 Å². The van der Waals surface area contributed by atoms with Crippen LogP contribution < -0.4 is 10.1 Å². The molecule has 0 spiro atoms. The zero-order valence-electron chi connectivity index (χ0n) is 12.7. The summed E-state index contributed by atoms with van der Waals surface area (Å²) in [4.78, 5) is 12.2. The number of amides is 1. The number of aliphatic hydroxyl groups is 1. The zero-order valence-corrected chi connectivity index (χ0v) is 12.7. The first-order valence-electron chi connectivity index (χ1n) is 7.04. The summed E-state index contributed by atoms with van der Waals surface area (Å²) in [6, 6.07) is 8.83. The quantitative estimate of drug-likeness (QED) is 0.804. The van der Waals surface area contributed by atoms with Gasteiger partial charge in [0.2, 0.25) is 0 Å². The number of hydrogen-bond donors (Lipinski definition) is 2. The summed E-state index contributed by atoms with van der Waals surface area (Å²) >= 11 is 0. The van der Waals surface area contributed by atoms with Gasteiger partial charge in [-0.2, -0.15) is 5.26 Å². The van der Waals surface area contributed by atoms with Gasteiger partial charge >= 0.3 is 0 Å². The topological polar surface area (TPSA) is 82.3 Å². The Bertz CT molecular complexity index is 524. The molecule has 114 valence electrons. The molecule has 0 saturated heterocycles. The van der Waals surface area contributed by atoms with E-state index in [4.69, 9.17) is 15.1 Å². The van der Waals surface area contributed by atoms with E-state index in [1.807, 2.05) is 19.9 Å². The molecule has 1 aromatic carbocycles. The van der Waals surface area contributed by atoms with Gasteiger partial charge in [-0.1, -0.05) is 19.1 Å². The predicted molar refractivity (Wildman–Crippen MR) is 79.8 cm³/mol. The molecule has 21 heavy (non-hydrogen) atoms. The summed E-state index contributed by atoms with van der Waals surface area (Å²) in [7, 11) is 0. The Hall–Kier alpha value is -2.06. The van der Waals surface area contributed by atoms with E-state index in [2.05, 4.69) is 5.32 Å². The van der Waals surface area contributed by atoms with Crippen molar-refractivity contribution in [2.45, 2.75) is 45.3 Å². The van der Waals surface area contributed by atoms with Gasteiger partial charge in [-0.15, -0.1) is 0 Å². The fourth-order valence-corrected chi connectivity index (χ4v) is 1.88. The predicted octanol–water partition coefficient (Wildman–Crippen LogP) is 1.99. The maximum atomic E-state index is 12.2. The van der Waals surface area contributed by atoms with Crippen LogP contribution in [0.15, 0.2) is 24.3 Å². The first-order valence-corrected chi connectivity index (χ1v) is 7.04. The highest BCUT2D eigenvalue weighted by Crippen LogP contribution is 2.19. The molecule has 5 heteroatoms. The largest absolute Gasteiger partial charge is 0.480 e. The van der Waals surface area contributed by atoms with Crippen LogP contribution in [0.2, 0.25) is 0 Å². The molecule has 0 heterocycles. The Morgan fingerprint density at radius 2 is 2.19 bits per heavy atom. The summed E-state index contributed by atoms with van der Waals surface area (Å²) in [6.45, 7) is 5.49. The van der Waals surface area contributed by atoms with Gasteiger partial charge in [0.05, 0.1) is 5.56 Å². The highest BCUT2D eigenvalue weighted by Gasteiger charge is 2.27. The van der Waals surface area contributed by atoms with Crippen molar-refractivity contribution in [1.82, 2.24) is 5.32 Å². The lowest BCUT2D eigenvalue weighted by molar-refractivity contribution is -0.129. The van der Waals surface area contributed by atoms with E-state index in [0.717, 1.165) is 0 Å². The van der Waals surface area contributed by atoms with E-state index in [0.29, 0.717) is 24.2 Å². The minimum Gasteiger partial charge on any atom is -0.480 e. The second kappa shape index (κ2) is 7.65. The Morgan fingerprint density at radius 1 is 1.52 bits per heavy atom. The molecule has 2 N–H and O–H groups in total. The van der Waals surface area contributed by atoms with Gasteiger partial charge in [-0.05, 0) is 38.8 Å². The van der Waals surface area contributed by atoms with Gasteiger partial charge in [0.25, 0.3) is 5.91 Å². The molecule has 0 aliphatic rings. The van der Waals surface area contributed by atoms with Crippen molar-refractivity contribution in [3.8, 4) is 11.8 Å². The zero-order chi connectivity index (χ0) is 15.9. The van der Waals surface area contributed by atoms with Crippen molar-refractivity contribution in [2.24, 2.45) is 0 Å². The lowest BCUT2D eigenvalue weighted by Gasteiger charge is -2.30. The second-order valence-electron chi connectivity index (χ2n) is 5.25. The highest BCUT2D eigenvalue weighted by molar-refractivity contribution is 5.81. The first kappa shape index (κ1) is 17.0. The molecule has 0 aliphatic heterocycles. The molecule has 0 fully saturated rings. The van der Waals surface area contributed by atoms with E-state index in [-0.39, 0.29) is 12.5 Å². The number of nitriles is 1.